The van der Waals surface area contributed by atoms with E-state index in [9.17, 15) is 13.6 Å². The van der Waals surface area contributed by atoms with Crippen molar-refractivity contribution in [2.24, 2.45) is 4.99 Å². The number of hydrogen-bond acceptors (Lipinski definition) is 3. The molecule has 0 saturated carbocycles. The van der Waals surface area contributed by atoms with Crippen LogP contribution in [0.2, 0.25) is 0 Å². The van der Waals surface area contributed by atoms with Gasteiger partial charge >= 0.3 is 0 Å². The van der Waals surface area contributed by atoms with E-state index in [0.29, 0.717) is 23.3 Å². The largest absolute Gasteiger partial charge is 0.369 e. The molecular weight excluding hydrogens is 451 g/mol. The van der Waals surface area contributed by atoms with E-state index in [1.807, 2.05) is 6.92 Å². The van der Waals surface area contributed by atoms with Crippen molar-refractivity contribution >= 4 is 49.1 Å². The van der Waals surface area contributed by atoms with Crippen molar-refractivity contribution in [2.45, 2.75) is 13.8 Å². The number of amides is 1. The van der Waals surface area contributed by atoms with Gasteiger partial charge in [-0.1, -0.05) is 24.8 Å². The Morgan fingerprint density at radius 2 is 2.00 bits per heavy atom. The van der Waals surface area contributed by atoms with Crippen molar-refractivity contribution in [1.82, 2.24) is 5.32 Å². The summed E-state index contributed by atoms with van der Waals surface area (Å²) < 4.78 is 28.5. The van der Waals surface area contributed by atoms with Gasteiger partial charge in [-0.3, -0.25) is 9.69 Å². The molecule has 8 heteroatoms. The Hall–Kier alpha value is -2.82. The number of para-hydroxylation sites is 1. The van der Waals surface area contributed by atoms with Crippen molar-refractivity contribution < 1.29 is 13.6 Å². The van der Waals surface area contributed by atoms with Gasteiger partial charge in [0.1, 0.15) is 23.3 Å². The lowest BCUT2D eigenvalue weighted by Gasteiger charge is -2.30. The van der Waals surface area contributed by atoms with Gasteiger partial charge in [0, 0.05) is 24.1 Å². The summed E-state index contributed by atoms with van der Waals surface area (Å²) in [7, 11) is 2.44. The zero-order valence-electron chi connectivity index (χ0n) is 17.8. The lowest BCUT2D eigenvalue weighted by molar-refractivity contribution is -0.113. The third-order valence-electron chi connectivity index (χ3n) is 4.97. The van der Waals surface area contributed by atoms with E-state index in [2.05, 4.69) is 26.1 Å². The number of nitrogens with one attached hydrogen (secondary N) is 1. The molecule has 1 N–H and O–H groups in total. The molecule has 0 bridgehead atoms. The van der Waals surface area contributed by atoms with Crippen molar-refractivity contribution in [3.05, 3.63) is 89.3 Å². The molecule has 0 radical (unpaired) electrons. The maximum atomic E-state index is 14.9. The van der Waals surface area contributed by atoms with Crippen LogP contribution < -0.4 is 15.5 Å². The fraction of sp³-hybridized carbons (Fsp3) is 0.167. The molecule has 3 rings (SSSR count). The first-order valence-electron chi connectivity index (χ1n) is 9.86. The highest BCUT2D eigenvalue weighted by Gasteiger charge is 2.31. The first-order chi connectivity index (χ1) is 15.2. The Labute approximate surface area is 193 Å². The summed E-state index contributed by atoms with van der Waals surface area (Å²) in [5.41, 5.74) is 2.93. The quantitative estimate of drug-likeness (QED) is 0.481. The van der Waals surface area contributed by atoms with Crippen LogP contribution in [0.1, 0.15) is 18.1 Å². The summed E-state index contributed by atoms with van der Waals surface area (Å²) in [6.07, 6.45) is 3.00. The summed E-state index contributed by atoms with van der Waals surface area (Å²) >= 11 is 5.75. The molecule has 0 aromatic heterocycles. The maximum absolute atomic E-state index is 14.9. The maximum Gasteiger partial charge on any atom is 0.256 e. The average molecular weight is 474 g/mol. The molecule has 1 heterocycles. The third-order valence-corrected chi connectivity index (χ3v) is 5.62. The molecule has 0 fully saturated rings. The minimum absolute atomic E-state index is 0.0804. The zero-order chi connectivity index (χ0) is 23.4. The van der Waals surface area contributed by atoms with Gasteiger partial charge < -0.3 is 5.32 Å². The van der Waals surface area contributed by atoms with Gasteiger partial charge in [0.15, 0.2) is 0 Å². The van der Waals surface area contributed by atoms with Crippen molar-refractivity contribution in [1.29, 1.82) is 0 Å². The first-order valence-corrected chi connectivity index (χ1v) is 11.0. The van der Waals surface area contributed by atoms with E-state index < -0.39 is 11.7 Å². The molecule has 1 aliphatic rings. The Morgan fingerprint density at radius 3 is 2.66 bits per heavy atom. The lowest BCUT2D eigenvalue weighted by Crippen LogP contribution is -2.42. The fourth-order valence-electron chi connectivity index (χ4n) is 3.47. The van der Waals surface area contributed by atoms with Gasteiger partial charge in [0.2, 0.25) is 0 Å². The normalized spacial score (nSPS) is 16.5. The second-order valence-corrected chi connectivity index (χ2v) is 8.18. The van der Waals surface area contributed by atoms with Crippen LogP contribution in [0, 0.1) is 18.6 Å². The average Bonchev–Trinajstić information content (AvgIpc) is 2.73. The standard InChI is InChI=1S/C24H23ClF2N3OP/c1-14-13-17(26)7-8-18(14)15(2)19-9-10-22(31)30(23-20(27)5-4-6-21(23)32)24(19)29-16(3)28-12-11-25/h4-10,13,28H,3,11-12,32H2,1-2H3/b19-15+,29-24+. The predicted octanol–water partition coefficient (Wildman–Crippen LogP) is 4.85. The molecule has 4 nitrogen and oxygen atoms in total. The minimum atomic E-state index is -0.567. The van der Waals surface area contributed by atoms with Gasteiger partial charge in [-0.15, -0.1) is 20.8 Å². The molecule has 1 aliphatic heterocycles. The summed E-state index contributed by atoms with van der Waals surface area (Å²) in [6, 6.07) is 9.01. The number of aryl methyl sites for hydroxylation is 1. The van der Waals surface area contributed by atoms with E-state index in [1.54, 1.807) is 31.2 Å². The van der Waals surface area contributed by atoms with E-state index in [-0.39, 0.29) is 23.2 Å². The van der Waals surface area contributed by atoms with Crippen LogP contribution in [0.15, 0.2) is 71.5 Å². The van der Waals surface area contributed by atoms with Gasteiger partial charge in [-0.05, 0) is 60.1 Å². The number of carbonyl (C=O) groups is 1. The molecule has 1 atom stereocenters. The van der Waals surface area contributed by atoms with Crippen molar-refractivity contribution in [2.75, 3.05) is 17.3 Å². The highest BCUT2D eigenvalue weighted by Crippen LogP contribution is 2.31. The lowest BCUT2D eigenvalue weighted by atomic mass is 9.94. The number of alkyl halides is 1. The Morgan fingerprint density at radius 1 is 1.25 bits per heavy atom. The Kier molecular flexibility index (Phi) is 7.60. The van der Waals surface area contributed by atoms with Crippen LogP contribution in [-0.4, -0.2) is 24.2 Å². The molecule has 1 amide bonds. The molecule has 2 aromatic rings. The zero-order valence-corrected chi connectivity index (χ0v) is 19.7. The number of allylic oxidation sites excluding steroid dienone is 1. The van der Waals surface area contributed by atoms with Crippen LogP contribution >= 0.6 is 20.8 Å². The smallest absolute Gasteiger partial charge is 0.256 e. The Balaban J connectivity index is 2.26. The number of halogens is 3. The van der Waals surface area contributed by atoms with Crippen LogP contribution in [0.25, 0.3) is 5.57 Å². The number of aliphatic imine (C=N–C) groups is 1. The van der Waals surface area contributed by atoms with Gasteiger partial charge in [0.05, 0.1) is 5.69 Å². The summed E-state index contributed by atoms with van der Waals surface area (Å²) in [5, 5.41) is 3.46. The van der Waals surface area contributed by atoms with Crippen LogP contribution in [0.3, 0.4) is 0 Å². The van der Waals surface area contributed by atoms with Crippen LogP contribution in [0.5, 0.6) is 0 Å². The summed E-state index contributed by atoms with van der Waals surface area (Å²) in [5.74, 6) is -0.535. The molecule has 32 heavy (non-hydrogen) atoms. The molecule has 0 saturated heterocycles. The van der Waals surface area contributed by atoms with Gasteiger partial charge in [-0.25, -0.2) is 13.8 Å². The minimum Gasteiger partial charge on any atom is -0.369 e. The second kappa shape index (κ2) is 10.2. The number of nitrogens with zero attached hydrogens (tertiary/aromatic N) is 2. The fourth-order valence-corrected chi connectivity index (χ4v) is 3.94. The number of amidine groups is 1. The topological polar surface area (TPSA) is 44.7 Å². The Bertz CT molecular complexity index is 1150. The number of carbonyl (C=O) groups excluding carboxylic acids is 1. The SMILES string of the molecule is C=C(/N=C1\C(=C(/C)c2ccc(F)cc2C)C=CC(=O)N1c1c(F)cccc1P)NCCCl. The first kappa shape index (κ1) is 23.8. The molecule has 2 aromatic carbocycles. The molecule has 1 unspecified atom stereocenters. The van der Waals surface area contributed by atoms with E-state index >= 15 is 0 Å². The van der Waals surface area contributed by atoms with Gasteiger partial charge in [0.25, 0.3) is 5.91 Å². The predicted molar refractivity (Wildman–Crippen MR) is 131 cm³/mol. The highest BCUT2D eigenvalue weighted by atomic mass is 35.5. The second-order valence-electron chi connectivity index (χ2n) is 7.18. The number of rotatable bonds is 6. The van der Waals surface area contributed by atoms with Crippen molar-refractivity contribution in [3.8, 4) is 0 Å². The molecule has 0 aliphatic carbocycles. The monoisotopic (exact) mass is 473 g/mol. The number of hydrogen-bond donors (Lipinski definition) is 1. The molecule has 0 spiro atoms. The number of anilines is 1. The molecular formula is C24H23ClF2N3OP. The summed E-state index contributed by atoms with van der Waals surface area (Å²) in [6.45, 7) is 7.96. The van der Waals surface area contributed by atoms with Crippen molar-refractivity contribution in [3.63, 3.8) is 0 Å². The highest BCUT2D eigenvalue weighted by molar-refractivity contribution is 7.28. The number of benzene rings is 2. The van der Waals surface area contributed by atoms with Crippen LogP contribution in [0.4, 0.5) is 14.5 Å². The summed E-state index contributed by atoms with van der Waals surface area (Å²) in [4.78, 5) is 18.7. The van der Waals surface area contributed by atoms with E-state index in [0.717, 1.165) is 16.7 Å². The van der Waals surface area contributed by atoms with Gasteiger partial charge in [-0.2, -0.15) is 0 Å². The van der Waals surface area contributed by atoms with E-state index in [1.165, 1.54) is 29.2 Å². The third kappa shape index (κ3) is 4.98. The molecule has 166 valence electrons. The van der Waals surface area contributed by atoms with E-state index in [4.69, 9.17) is 11.6 Å². The van der Waals surface area contributed by atoms with Crippen LogP contribution in [-0.2, 0) is 4.79 Å².